The summed E-state index contributed by atoms with van der Waals surface area (Å²) >= 11 is 0. The van der Waals surface area contributed by atoms with E-state index in [9.17, 15) is 14.7 Å². The maximum absolute atomic E-state index is 12.8. The fourth-order valence-electron chi connectivity index (χ4n) is 2.65. The lowest BCUT2D eigenvalue weighted by Gasteiger charge is -2.14. The summed E-state index contributed by atoms with van der Waals surface area (Å²) in [5.41, 5.74) is 2.16. The van der Waals surface area contributed by atoms with Crippen molar-refractivity contribution in [1.29, 1.82) is 0 Å². The van der Waals surface area contributed by atoms with Crippen molar-refractivity contribution < 1.29 is 24.5 Å². The first-order chi connectivity index (χ1) is 12.9. The number of carbonyl (C=O) groups is 2. The Morgan fingerprint density at radius 1 is 1.26 bits per heavy atom. The van der Waals surface area contributed by atoms with Gasteiger partial charge in [0.15, 0.2) is 0 Å². The third-order valence-electron chi connectivity index (χ3n) is 4.00. The summed E-state index contributed by atoms with van der Waals surface area (Å²) in [5, 5.41) is 26.2. The first kappa shape index (κ1) is 18.2. The number of hydrogen-bond donors (Lipinski definition) is 1. The van der Waals surface area contributed by atoms with E-state index in [0.29, 0.717) is 29.1 Å². The molecule has 0 fully saturated rings. The second kappa shape index (κ2) is 7.33. The van der Waals surface area contributed by atoms with Crippen molar-refractivity contribution >= 4 is 29.4 Å². The Labute approximate surface area is 155 Å². The number of carboxylic acids is 1. The van der Waals surface area contributed by atoms with Crippen molar-refractivity contribution in [3.63, 3.8) is 0 Å². The van der Waals surface area contributed by atoms with Crippen LogP contribution in [0, 0.1) is 0 Å². The molecular weight excluding hydrogens is 348 g/mol. The van der Waals surface area contributed by atoms with Crippen molar-refractivity contribution in [1.82, 2.24) is 0 Å². The molecule has 1 heterocycles. The molecule has 1 N–H and O–H groups in total. The highest BCUT2D eigenvalue weighted by molar-refractivity contribution is 6.32. The number of nitrogens with zero attached hydrogens (tertiary/aromatic N) is 2. The second-order valence-electron chi connectivity index (χ2n) is 5.85. The number of anilines is 1. The summed E-state index contributed by atoms with van der Waals surface area (Å²) in [5.74, 6) is -1.36. The van der Waals surface area contributed by atoms with Crippen molar-refractivity contribution in [2.24, 2.45) is 5.10 Å². The molecule has 0 saturated heterocycles. The number of ether oxygens (including phenoxy) is 1. The lowest BCUT2D eigenvalue weighted by atomic mass is 10.1. The Hall–Kier alpha value is -3.61. The summed E-state index contributed by atoms with van der Waals surface area (Å²) in [6.45, 7) is 3.87. The smallest absolute Gasteiger partial charge is 0.335 e. The van der Waals surface area contributed by atoms with Crippen LogP contribution >= 0.6 is 0 Å². The molecule has 0 radical (unpaired) electrons. The van der Waals surface area contributed by atoms with Gasteiger partial charge in [0.1, 0.15) is 5.75 Å². The van der Waals surface area contributed by atoms with Gasteiger partial charge in [0.05, 0.1) is 29.1 Å². The molecule has 1 aliphatic heterocycles. The third-order valence-corrected chi connectivity index (χ3v) is 4.00. The van der Waals surface area contributed by atoms with E-state index in [1.807, 2.05) is 0 Å². The average Bonchev–Trinajstić information content (AvgIpc) is 2.93. The van der Waals surface area contributed by atoms with Crippen molar-refractivity contribution in [2.45, 2.75) is 13.8 Å². The molecule has 0 atom stereocenters. The van der Waals surface area contributed by atoms with Gasteiger partial charge in [-0.2, -0.15) is 10.1 Å². The molecule has 27 heavy (non-hydrogen) atoms. The molecule has 2 aromatic carbocycles. The Bertz CT molecular complexity index is 961. The topological polar surface area (TPSA) is 102 Å². The first-order valence-corrected chi connectivity index (χ1v) is 8.29. The Kier molecular flexibility index (Phi) is 4.94. The van der Waals surface area contributed by atoms with Gasteiger partial charge in [0.25, 0.3) is 5.91 Å². The number of amides is 1. The van der Waals surface area contributed by atoms with Crippen molar-refractivity contribution in [3.05, 3.63) is 59.2 Å². The highest BCUT2D eigenvalue weighted by Gasteiger charge is 2.28. The fraction of sp³-hybridized carbons (Fsp3) is 0.150. The molecule has 7 heteroatoms. The minimum atomic E-state index is -1.04. The Morgan fingerprint density at radius 2 is 1.96 bits per heavy atom. The van der Waals surface area contributed by atoms with Crippen LogP contribution in [0.3, 0.4) is 0 Å². The van der Waals surface area contributed by atoms with Gasteiger partial charge in [-0.3, -0.25) is 4.79 Å². The number of aromatic carboxylic acids is 1. The summed E-state index contributed by atoms with van der Waals surface area (Å²) in [6, 6.07) is 10.5. The molecule has 3 rings (SSSR count). The quantitative estimate of drug-likeness (QED) is 0.821. The van der Waals surface area contributed by atoms with Gasteiger partial charge in [0.2, 0.25) is 0 Å². The largest absolute Gasteiger partial charge is 0.870 e. The molecule has 1 aliphatic rings. The van der Waals surface area contributed by atoms with Gasteiger partial charge in [-0.25, -0.2) is 4.79 Å². The zero-order chi connectivity index (χ0) is 19.6. The van der Waals surface area contributed by atoms with E-state index in [1.54, 1.807) is 32.1 Å². The van der Waals surface area contributed by atoms with Crippen molar-refractivity contribution in [3.8, 4) is 11.5 Å². The van der Waals surface area contributed by atoms with E-state index in [2.05, 4.69) is 5.10 Å². The minimum Gasteiger partial charge on any atom is -0.870 e. The lowest BCUT2D eigenvalue weighted by molar-refractivity contribution is -0.270. The third kappa shape index (κ3) is 3.67. The predicted octanol–water partition coefficient (Wildman–Crippen LogP) is 2.66. The normalized spacial score (nSPS) is 15.2. The van der Waals surface area contributed by atoms with Crippen LogP contribution in [0.4, 0.5) is 5.69 Å². The van der Waals surface area contributed by atoms with E-state index >= 15 is 0 Å². The minimum absolute atomic E-state index is 0.128. The van der Waals surface area contributed by atoms with Crippen molar-refractivity contribution in [2.75, 3.05) is 11.6 Å². The van der Waals surface area contributed by atoms with Crippen LogP contribution in [0.5, 0.6) is 11.5 Å². The van der Waals surface area contributed by atoms with Gasteiger partial charge in [-0.05, 0) is 55.8 Å². The molecule has 0 saturated carbocycles. The molecule has 0 unspecified atom stereocenters. The SMILES string of the molecule is CCOc1cc(/C=C2/C(=O)N(c3ccc(C(=O)O)cc3)N=C2C)ccc1[O-]. The predicted molar refractivity (Wildman–Crippen MR) is 99.0 cm³/mol. The Balaban J connectivity index is 1.90. The Morgan fingerprint density at radius 3 is 2.59 bits per heavy atom. The molecule has 0 aromatic heterocycles. The van der Waals surface area contributed by atoms with E-state index in [0.717, 1.165) is 0 Å². The maximum Gasteiger partial charge on any atom is 0.335 e. The fourth-order valence-corrected chi connectivity index (χ4v) is 2.65. The summed E-state index contributed by atoms with van der Waals surface area (Å²) in [4.78, 5) is 23.7. The molecular formula is C20H17N2O5-. The van der Waals surface area contributed by atoms with Crippen LogP contribution in [0.15, 0.2) is 53.1 Å². The number of benzene rings is 2. The molecule has 7 nitrogen and oxygen atoms in total. The zero-order valence-electron chi connectivity index (χ0n) is 14.8. The number of hydrogen-bond acceptors (Lipinski definition) is 5. The summed E-state index contributed by atoms with van der Waals surface area (Å²) in [6.07, 6.45) is 1.65. The molecule has 138 valence electrons. The van der Waals surface area contributed by atoms with E-state index in [4.69, 9.17) is 9.84 Å². The van der Waals surface area contributed by atoms with E-state index < -0.39 is 5.97 Å². The number of rotatable bonds is 5. The number of carbonyl (C=O) groups excluding carboxylic acids is 1. The second-order valence-corrected chi connectivity index (χ2v) is 5.85. The van der Waals surface area contributed by atoms with Crippen LogP contribution in [0.25, 0.3) is 6.08 Å². The molecule has 1 amide bonds. The van der Waals surface area contributed by atoms with E-state index in [-0.39, 0.29) is 23.0 Å². The first-order valence-electron chi connectivity index (χ1n) is 8.29. The molecule has 0 aliphatic carbocycles. The van der Waals surface area contributed by atoms with Crippen LogP contribution in [0.2, 0.25) is 0 Å². The van der Waals surface area contributed by atoms with Gasteiger partial charge in [-0.1, -0.05) is 17.9 Å². The zero-order valence-corrected chi connectivity index (χ0v) is 14.8. The van der Waals surface area contributed by atoms with Gasteiger partial charge in [0, 0.05) is 0 Å². The van der Waals surface area contributed by atoms with Gasteiger partial charge < -0.3 is 14.9 Å². The van der Waals surface area contributed by atoms with Crippen LogP contribution in [0.1, 0.15) is 29.8 Å². The summed E-state index contributed by atoms with van der Waals surface area (Å²) < 4.78 is 5.30. The molecule has 0 bridgehead atoms. The van der Waals surface area contributed by atoms with Crippen LogP contribution in [-0.4, -0.2) is 29.3 Å². The van der Waals surface area contributed by atoms with Gasteiger partial charge in [-0.15, -0.1) is 0 Å². The van der Waals surface area contributed by atoms with Crippen LogP contribution in [-0.2, 0) is 4.79 Å². The average molecular weight is 365 g/mol. The highest BCUT2D eigenvalue weighted by Crippen LogP contribution is 2.28. The van der Waals surface area contributed by atoms with Gasteiger partial charge >= 0.3 is 5.97 Å². The molecule has 2 aromatic rings. The summed E-state index contributed by atoms with van der Waals surface area (Å²) in [7, 11) is 0. The maximum atomic E-state index is 12.8. The number of carboxylic acid groups (broad SMARTS) is 1. The molecule has 0 spiro atoms. The highest BCUT2D eigenvalue weighted by atomic mass is 16.5. The van der Waals surface area contributed by atoms with Crippen LogP contribution < -0.4 is 14.9 Å². The number of hydrazone groups is 1. The van der Waals surface area contributed by atoms with E-state index in [1.165, 1.54) is 35.3 Å². The monoisotopic (exact) mass is 365 g/mol. The standard InChI is InChI=1S/C20H18N2O5/c1-3-27-18-11-13(4-9-17(18)23)10-16-12(2)21-22(19(16)24)15-7-5-14(6-8-15)20(25)26/h4-11,23H,3H2,1-2H3,(H,25,26)/p-1/b16-10+. The lowest BCUT2D eigenvalue weighted by Crippen LogP contribution is -2.21.